The van der Waals surface area contributed by atoms with Crippen LogP contribution < -0.4 is 4.90 Å². The summed E-state index contributed by atoms with van der Waals surface area (Å²) < 4.78 is 0. The fourth-order valence-electron chi connectivity index (χ4n) is 4.60. The Kier molecular flexibility index (Phi) is 5.26. The molecule has 2 aromatic rings. The zero-order chi connectivity index (χ0) is 19.7. The van der Waals surface area contributed by atoms with E-state index in [4.69, 9.17) is 0 Å². The summed E-state index contributed by atoms with van der Waals surface area (Å²) in [7, 11) is 4.02. The van der Waals surface area contributed by atoms with Crippen LogP contribution in [0.15, 0.2) is 48.5 Å². The Hall–Kier alpha value is -2.17. The molecule has 1 heterocycles. The van der Waals surface area contributed by atoms with Gasteiger partial charge in [-0.05, 0) is 48.9 Å². The van der Waals surface area contributed by atoms with Gasteiger partial charge in [-0.2, -0.15) is 0 Å². The summed E-state index contributed by atoms with van der Waals surface area (Å²) in [6.45, 7) is 2.47. The van der Waals surface area contributed by atoms with Crippen LogP contribution in [0.5, 0.6) is 0 Å². The summed E-state index contributed by atoms with van der Waals surface area (Å²) >= 11 is 0. The molecule has 2 aliphatic rings. The molecule has 1 aliphatic heterocycles. The number of ketones is 1. The van der Waals surface area contributed by atoms with Crippen molar-refractivity contribution in [3.05, 3.63) is 65.2 Å². The first-order valence-electron chi connectivity index (χ1n) is 10.3. The van der Waals surface area contributed by atoms with Crippen molar-refractivity contribution in [1.82, 2.24) is 4.90 Å². The summed E-state index contributed by atoms with van der Waals surface area (Å²) in [6, 6.07) is 16.2. The lowest BCUT2D eigenvalue weighted by molar-refractivity contribution is -0.0283. The number of hydrogen-bond acceptors (Lipinski definition) is 4. The Morgan fingerprint density at radius 2 is 1.82 bits per heavy atom. The molecule has 0 amide bonds. The molecule has 4 rings (SSSR count). The number of carbonyl (C=O) groups excluding carboxylic acids is 1. The standard InChI is InChI=1S/C24H30N2O2/c1-25(2)21-11-10-18-8-9-19(23(27)22(18)16-21)17-26-14-12-24(28,13-15-26)20-6-4-3-5-7-20/h3-7,10-11,16,19,28H,8-9,12-15,17H2,1-2H3. The fourth-order valence-corrected chi connectivity index (χ4v) is 4.60. The highest BCUT2D eigenvalue weighted by Gasteiger charge is 2.36. The van der Waals surface area contributed by atoms with Gasteiger partial charge < -0.3 is 14.9 Å². The number of nitrogens with zero attached hydrogens (tertiary/aromatic N) is 2. The summed E-state index contributed by atoms with van der Waals surface area (Å²) in [4.78, 5) is 17.5. The Labute approximate surface area is 167 Å². The average molecular weight is 379 g/mol. The molecule has 0 aromatic heterocycles. The maximum atomic E-state index is 13.1. The van der Waals surface area contributed by atoms with Gasteiger partial charge in [0.2, 0.25) is 0 Å². The number of piperidine rings is 1. The average Bonchev–Trinajstić information content (AvgIpc) is 2.72. The van der Waals surface area contributed by atoms with Crippen LogP contribution in [0.1, 0.15) is 40.7 Å². The minimum atomic E-state index is -0.735. The summed E-state index contributed by atoms with van der Waals surface area (Å²) in [6.07, 6.45) is 3.34. The second-order valence-corrected chi connectivity index (χ2v) is 8.53. The van der Waals surface area contributed by atoms with Crippen LogP contribution in [0.3, 0.4) is 0 Å². The first-order valence-corrected chi connectivity index (χ1v) is 10.3. The van der Waals surface area contributed by atoms with E-state index in [0.29, 0.717) is 0 Å². The number of hydrogen-bond donors (Lipinski definition) is 1. The van der Waals surface area contributed by atoms with Crippen molar-refractivity contribution in [3.8, 4) is 0 Å². The van der Waals surface area contributed by atoms with Gasteiger partial charge in [-0.15, -0.1) is 0 Å². The third-order valence-electron chi connectivity index (χ3n) is 6.48. The van der Waals surface area contributed by atoms with Gasteiger partial charge in [-0.25, -0.2) is 0 Å². The monoisotopic (exact) mass is 378 g/mol. The Balaban J connectivity index is 1.41. The Morgan fingerprint density at radius 3 is 2.50 bits per heavy atom. The van der Waals surface area contributed by atoms with Crippen LogP contribution in [0.25, 0.3) is 0 Å². The van der Waals surface area contributed by atoms with Gasteiger partial charge >= 0.3 is 0 Å². The van der Waals surface area contributed by atoms with Gasteiger partial charge in [0.25, 0.3) is 0 Å². The van der Waals surface area contributed by atoms with E-state index < -0.39 is 5.60 Å². The maximum absolute atomic E-state index is 13.1. The number of fused-ring (bicyclic) bond motifs is 1. The number of aryl methyl sites for hydroxylation is 1. The molecule has 0 spiro atoms. The van der Waals surface area contributed by atoms with Crippen LogP contribution in [0, 0.1) is 5.92 Å². The highest BCUT2D eigenvalue weighted by Crippen LogP contribution is 2.34. The molecule has 1 atom stereocenters. The van der Waals surface area contributed by atoms with E-state index in [1.165, 1.54) is 5.56 Å². The van der Waals surface area contributed by atoms with Gasteiger partial charge in [0.1, 0.15) is 0 Å². The van der Waals surface area contributed by atoms with E-state index in [-0.39, 0.29) is 11.7 Å². The van der Waals surface area contributed by atoms with Crippen molar-refractivity contribution in [3.63, 3.8) is 0 Å². The summed E-state index contributed by atoms with van der Waals surface area (Å²) in [5, 5.41) is 11.0. The molecule has 4 nitrogen and oxygen atoms in total. The fraction of sp³-hybridized carbons (Fsp3) is 0.458. The first kappa shape index (κ1) is 19.2. The molecule has 2 aromatic carbocycles. The predicted molar refractivity (Wildman–Crippen MR) is 113 cm³/mol. The van der Waals surface area contributed by atoms with Gasteiger partial charge in [0.15, 0.2) is 5.78 Å². The van der Waals surface area contributed by atoms with Crippen LogP contribution in [0.2, 0.25) is 0 Å². The largest absolute Gasteiger partial charge is 0.385 e. The summed E-state index contributed by atoms with van der Waals surface area (Å²) in [5.74, 6) is 0.349. The molecule has 28 heavy (non-hydrogen) atoms. The van der Waals surface area contributed by atoms with Crippen molar-refractivity contribution in [1.29, 1.82) is 0 Å². The maximum Gasteiger partial charge on any atom is 0.167 e. The molecule has 0 bridgehead atoms. The van der Waals surface area contributed by atoms with Crippen LogP contribution in [-0.2, 0) is 12.0 Å². The lowest BCUT2D eigenvalue weighted by Gasteiger charge is -2.40. The Morgan fingerprint density at radius 1 is 1.11 bits per heavy atom. The van der Waals surface area contributed by atoms with E-state index in [1.54, 1.807) is 0 Å². The van der Waals surface area contributed by atoms with E-state index in [9.17, 15) is 9.90 Å². The van der Waals surface area contributed by atoms with E-state index in [0.717, 1.165) is 62.1 Å². The van der Waals surface area contributed by atoms with E-state index >= 15 is 0 Å². The van der Waals surface area contributed by atoms with Gasteiger partial charge in [-0.3, -0.25) is 4.79 Å². The second kappa shape index (κ2) is 7.69. The normalized spacial score (nSPS) is 22.0. The molecule has 1 unspecified atom stereocenters. The number of Topliss-reactive ketones (excluding diaryl/α,β-unsaturated/α-hetero) is 1. The molecule has 1 fully saturated rings. The number of carbonyl (C=O) groups is 1. The molecule has 4 heteroatoms. The zero-order valence-corrected chi connectivity index (χ0v) is 16.9. The second-order valence-electron chi connectivity index (χ2n) is 8.53. The number of aliphatic hydroxyl groups is 1. The topological polar surface area (TPSA) is 43.8 Å². The van der Waals surface area contributed by atoms with E-state index in [1.807, 2.05) is 55.4 Å². The smallest absolute Gasteiger partial charge is 0.167 e. The van der Waals surface area contributed by atoms with Crippen molar-refractivity contribution >= 4 is 11.5 Å². The molecule has 1 saturated heterocycles. The molecule has 0 saturated carbocycles. The number of benzene rings is 2. The first-order chi connectivity index (χ1) is 13.5. The minimum absolute atomic E-state index is 0.0628. The van der Waals surface area contributed by atoms with Crippen molar-refractivity contribution in [2.45, 2.75) is 31.3 Å². The number of anilines is 1. The molecule has 1 N–H and O–H groups in total. The van der Waals surface area contributed by atoms with Crippen molar-refractivity contribution < 1.29 is 9.90 Å². The number of likely N-dealkylation sites (tertiary alicyclic amines) is 1. The molecule has 148 valence electrons. The van der Waals surface area contributed by atoms with Gasteiger partial charge in [-0.1, -0.05) is 36.4 Å². The van der Waals surface area contributed by atoms with E-state index in [2.05, 4.69) is 17.0 Å². The minimum Gasteiger partial charge on any atom is -0.385 e. The van der Waals surface area contributed by atoms with Gasteiger partial charge in [0.05, 0.1) is 5.60 Å². The highest BCUT2D eigenvalue weighted by atomic mass is 16.3. The molecule has 0 radical (unpaired) electrons. The Bertz CT molecular complexity index is 839. The van der Waals surface area contributed by atoms with Crippen LogP contribution in [-0.4, -0.2) is 49.5 Å². The zero-order valence-electron chi connectivity index (χ0n) is 16.9. The molecular weight excluding hydrogens is 348 g/mol. The summed E-state index contributed by atoms with van der Waals surface area (Å²) in [5.41, 5.74) is 3.44. The lowest BCUT2D eigenvalue weighted by atomic mass is 9.80. The quantitative estimate of drug-likeness (QED) is 0.885. The number of rotatable bonds is 4. The predicted octanol–water partition coefficient (Wildman–Crippen LogP) is 3.48. The van der Waals surface area contributed by atoms with Crippen molar-refractivity contribution in [2.75, 3.05) is 38.6 Å². The van der Waals surface area contributed by atoms with Crippen LogP contribution in [0.4, 0.5) is 5.69 Å². The third kappa shape index (κ3) is 3.71. The van der Waals surface area contributed by atoms with Crippen LogP contribution >= 0.6 is 0 Å². The van der Waals surface area contributed by atoms with Gasteiger partial charge in [0, 0.05) is 50.9 Å². The molecule has 1 aliphatic carbocycles. The molecular formula is C24H30N2O2. The lowest BCUT2D eigenvalue weighted by Crippen LogP contribution is -2.45. The third-order valence-corrected chi connectivity index (χ3v) is 6.48. The SMILES string of the molecule is CN(C)c1ccc2c(c1)C(=O)C(CN1CCC(O)(c3ccccc3)CC1)CC2. The van der Waals surface area contributed by atoms with Crippen molar-refractivity contribution in [2.24, 2.45) is 5.92 Å². The highest BCUT2D eigenvalue weighted by molar-refractivity contribution is 6.01.